The van der Waals surface area contributed by atoms with E-state index in [0.717, 1.165) is 17.7 Å². The second-order valence-electron chi connectivity index (χ2n) is 3.14. The number of carbonyl (C=O) groups excluding carboxylic acids is 1. The molecule has 0 saturated heterocycles. The molecule has 0 aliphatic carbocycles. The Kier molecular flexibility index (Phi) is 5.12. The molecule has 0 unspecified atom stereocenters. The van der Waals surface area contributed by atoms with Crippen LogP contribution in [-0.4, -0.2) is 5.78 Å². The lowest BCUT2D eigenvalue weighted by molar-refractivity contribution is 0.0982. The Morgan fingerprint density at radius 3 is 2.50 bits per heavy atom. The van der Waals surface area contributed by atoms with E-state index in [1.54, 1.807) is 0 Å². The molecule has 1 rings (SSSR count). The van der Waals surface area contributed by atoms with Crippen LogP contribution < -0.4 is 0 Å². The second kappa shape index (κ2) is 6.14. The van der Waals surface area contributed by atoms with E-state index < -0.39 is 0 Å². The van der Waals surface area contributed by atoms with E-state index in [1.807, 2.05) is 31.2 Å². The molecule has 0 aromatic heterocycles. The van der Waals surface area contributed by atoms with Crippen molar-refractivity contribution in [1.82, 2.24) is 0 Å². The summed E-state index contributed by atoms with van der Waals surface area (Å²) in [4.78, 5) is 11.5. The van der Waals surface area contributed by atoms with Gasteiger partial charge in [-0.1, -0.05) is 42.0 Å². The highest BCUT2D eigenvalue weighted by molar-refractivity contribution is 8.68. The lowest BCUT2D eigenvalue weighted by Gasteiger charge is -2.01. The summed E-state index contributed by atoms with van der Waals surface area (Å²) in [5, 5.41) is 0. The fourth-order valence-corrected chi connectivity index (χ4v) is 2.02. The summed E-state index contributed by atoms with van der Waals surface area (Å²) in [6.07, 6.45) is 1.55. The fraction of sp³-hybridized carbons (Fsp3) is 0.364. The predicted octanol–water partition coefficient (Wildman–Crippen LogP) is 3.75. The summed E-state index contributed by atoms with van der Waals surface area (Å²) in [5.74, 6) is 1.11. The predicted molar refractivity (Wildman–Crippen MR) is 66.0 cm³/mol. The van der Waals surface area contributed by atoms with Crippen molar-refractivity contribution in [2.24, 2.45) is 0 Å². The van der Waals surface area contributed by atoms with Crippen LogP contribution in [0.2, 0.25) is 0 Å². The van der Waals surface area contributed by atoms with Crippen LogP contribution in [0.4, 0.5) is 0 Å². The van der Waals surface area contributed by atoms with E-state index in [2.05, 4.69) is 11.7 Å². The number of benzene rings is 1. The quantitative estimate of drug-likeness (QED) is 0.468. The van der Waals surface area contributed by atoms with Gasteiger partial charge in [0, 0.05) is 17.7 Å². The number of thiol groups is 1. The molecule has 76 valence electrons. The van der Waals surface area contributed by atoms with Crippen molar-refractivity contribution >= 4 is 28.2 Å². The molecule has 0 heterocycles. The average molecular weight is 226 g/mol. The number of hydrogen-bond donors (Lipinski definition) is 1. The standard InChI is InChI=1S/C11H14OS2/c1-2-3-11(12)10-6-4-9(5-7-10)8-14-13/h4-7,13H,2-3,8H2,1H3. The van der Waals surface area contributed by atoms with E-state index in [1.165, 1.54) is 16.4 Å². The Bertz CT molecular complexity index is 293. The smallest absolute Gasteiger partial charge is 0.162 e. The molecule has 1 aromatic carbocycles. The molecular formula is C11H14OS2. The lowest BCUT2D eigenvalue weighted by atomic mass is 10.1. The molecule has 1 nitrogen and oxygen atoms in total. The maximum Gasteiger partial charge on any atom is 0.162 e. The van der Waals surface area contributed by atoms with E-state index >= 15 is 0 Å². The highest BCUT2D eigenvalue weighted by atomic mass is 33.1. The van der Waals surface area contributed by atoms with Gasteiger partial charge >= 0.3 is 0 Å². The normalized spacial score (nSPS) is 10.1. The maximum atomic E-state index is 11.5. The van der Waals surface area contributed by atoms with Gasteiger partial charge in [0.1, 0.15) is 0 Å². The molecule has 1 aromatic rings. The Hall–Kier alpha value is -0.410. The Morgan fingerprint density at radius 1 is 1.36 bits per heavy atom. The first-order chi connectivity index (χ1) is 6.77. The van der Waals surface area contributed by atoms with Gasteiger partial charge in [0.25, 0.3) is 0 Å². The van der Waals surface area contributed by atoms with Crippen LogP contribution in [-0.2, 0) is 5.75 Å². The first-order valence-corrected chi connectivity index (χ1v) is 6.70. The summed E-state index contributed by atoms with van der Waals surface area (Å²) >= 11 is 4.08. The molecule has 0 radical (unpaired) electrons. The van der Waals surface area contributed by atoms with Gasteiger partial charge in [-0.25, -0.2) is 0 Å². The van der Waals surface area contributed by atoms with Crippen molar-refractivity contribution < 1.29 is 4.79 Å². The molecule has 0 bridgehead atoms. The highest BCUT2D eigenvalue weighted by Gasteiger charge is 2.03. The number of ketones is 1. The largest absolute Gasteiger partial charge is 0.294 e. The van der Waals surface area contributed by atoms with Gasteiger partial charge in [0.2, 0.25) is 0 Å². The van der Waals surface area contributed by atoms with Crippen molar-refractivity contribution in [3.8, 4) is 0 Å². The summed E-state index contributed by atoms with van der Waals surface area (Å²) in [7, 11) is 1.49. The third-order valence-corrected chi connectivity index (χ3v) is 2.83. The lowest BCUT2D eigenvalue weighted by Crippen LogP contribution is -1.97. The van der Waals surface area contributed by atoms with Gasteiger partial charge in [0.05, 0.1) is 0 Å². The van der Waals surface area contributed by atoms with Gasteiger partial charge in [-0.2, -0.15) is 0 Å². The van der Waals surface area contributed by atoms with Crippen LogP contribution in [0.15, 0.2) is 24.3 Å². The third-order valence-electron chi connectivity index (χ3n) is 1.98. The van der Waals surface area contributed by atoms with Gasteiger partial charge in [-0.15, -0.1) is 11.7 Å². The van der Waals surface area contributed by atoms with Crippen LogP contribution in [0.25, 0.3) is 0 Å². The van der Waals surface area contributed by atoms with Crippen LogP contribution in [0.1, 0.15) is 35.7 Å². The molecule has 0 aliphatic heterocycles. The van der Waals surface area contributed by atoms with Crippen LogP contribution in [0.5, 0.6) is 0 Å². The molecule has 0 fully saturated rings. The molecular weight excluding hydrogens is 212 g/mol. The van der Waals surface area contributed by atoms with Crippen LogP contribution >= 0.6 is 22.5 Å². The zero-order valence-corrected chi connectivity index (χ0v) is 9.91. The number of hydrogen-bond acceptors (Lipinski definition) is 3. The molecule has 0 atom stereocenters. The van der Waals surface area contributed by atoms with Gasteiger partial charge in [0.15, 0.2) is 5.78 Å². The average Bonchev–Trinajstić information content (AvgIpc) is 2.20. The molecule has 0 aliphatic rings. The molecule has 3 heteroatoms. The van der Waals surface area contributed by atoms with Crippen LogP contribution in [0.3, 0.4) is 0 Å². The summed E-state index contributed by atoms with van der Waals surface area (Å²) < 4.78 is 0. The highest BCUT2D eigenvalue weighted by Crippen LogP contribution is 2.16. The SMILES string of the molecule is CCCC(=O)c1ccc(CSS)cc1. The minimum Gasteiger partial charge on any atom is -0.294 e. The summed E-state index contributed by atoms with van der Waals surface area (Å²) in [6.45, 7) is 2.02. The number of carbonyl (C=O) groups is 1. The molecule has 0 saturated carbocycles. The third kappa shape index (κ3) is 3.39. The monoisotopic (exact) mass is 226 g/mol. The molecule has 0 spiro atoms. The Labute approximate surface area is 94.1 Å². The second-order valence-corrected chi connectivity index (χ2v) is 4.47. The van der Waals surface area contributed by atoms with Gasteiger partial charge < -0.3 is 0 Å². The zero-order valence-electron chi connectivity index (χ0n) is 8.19. The van der Waals surface area contributed by atoms with E-state index in [-0.39, 0.29) is 5.78 Å². The van der Waals surface area contributed by atoms with Crippen molar-refractivity contribution in [3.63, 3.8) is 0 Å². The molecule has 0 N–H and O–H groups in total. The fourth-order valence-electron chi connectivity index (χ4n) is 1.23. The van der Waals surface area contributed by atoms with Gasteiger partial charge in [-0.3, -0.25) is 4.79 Å². The maximum absolute atomic E-state index is 11.5. The summed E-state index contributed by atoms with van der Waals surface area (Å²) in [6, 6.07) is 7.78. The minimum absolute atomic E-state index is 0.234. The zero-order chi connectivity index (χ0) is 10.4. The van der Waals surface area contributed by atoms with Crippen LogP contribution in [0, 0.1) is 0 Å². The van der Waals surface area contributed by atoms with Crippen molar-refractivity contribution in [2.45, 2.75) is 25.5 Å². The summed E-state index contributed by atoms with van der Waals surface area (Å²) in [5.41, 5.74) is 2.03. The number of Topliss-reactive ketones (excluding diaryl/α,β-unsaturated/α-hetero) is 1. The minimum atomic E-state index is 0.234. The molecule has 14 heavy (non-hydrogen) atoms. The van der Waals surface area contributed by atoms with E-state index in [4.69, 9.17) is 0 Å². The van der Waals surface area contributed by atoms with E-state index in [0.29, 0.717) is 6.42 Å². The molecule has 0 amide bonds. The first-order valence-electron chi connectivity index (χ1n) is 4.66. The van der Waals surface area contributed by atoms with E-state index in [9.17, 15) is 4.79 Å². The van der Waals surface area contributed by atoms with Crippen molar-refractivity contribution in [1.29, 1.82) is 0 Å². The Morgan fingerprint density at radius 2 is 2.00 bits per heavy atom. The van der Waals surface area contributed by atoms with Crippen molar-refractivity contribution in [3.05, 3.63) is 35.4 Å². The Balaban J connectivity index is 2.67. The topological polar surface area (TPSA) is 17.1 Å². The first kappa shape index (κ1) is 11.7. The van der Waals surface area contributed by atoms with Gasteiger partial charge in [-0.05, 0) is 12.0 Å². The number of rotatable bonds is 5. The van der Waals surface area contributed by atoms with Crippen molar-refractivity contribution in [2.75, 3.05) is 0 Å².